The van der Waals surface area contributed by atoms with Crippen LogP contribution in [0.3, 0.4) is 0 Å². The number of benzene rings is 3. The van der Waals surface area contributed by atoms with Gasteiger partial charge < -0.3 is 9.64 Å². The predicted octanol–water partition coefficient (Wildman–Crippen LogP) is 3.97. The molecule has 32 heavy (non-hydrogen) atoms. The van der Waals surface area contributed by atoms with Gasteiger partial charge in [0.2, 0.25) is 11.8 Å². The molecule has 1 N–H and O–H groups in total. The topological polar surface area (TPSA) is 58.6 Å². The predicted molar refractivity (Wildman–Crippen MR) is 123 cm³/mol. The van der Waals surface area contributed by atoms with Crippen LogP contribution < -0.4 is 10.2 Å². The quantitative estimate of drug-likeness (QED) is 0.459. The first-order chi connectivity index (χ1) is 15.7. The summed E-state index contributed by atoms with van der Waals surface area (Å²) in [6.45, 7) is 1.70. The lowest BCUT2D eigenvalue weighted by molar-refractivity contribution is -0.126. The fraction of sp³-hybridized carbons (Fsp3) is 0.259. The summed E-state index contributed by atoms with van der Waals surface area (Å²) in [5.74, 6) is -0.403. The highest BCUT2D eigenvalue weighted by atomic mass is 16.5. The summed E-state index contributed by atoms with van der Waals surface area (Å²) < 4.78 is 6.00. The number of hydrogen-bond acceptors (Lipinski definition) is 4. The van der Waals surface area contributed by atoms with Crippen molar-refractivity contribution >= 4 is 17.5 Å². The van der Waals surface area contributed by atoms with E-state index in [1.807, 2.05) is 66.7 Å². The molecule has 2 aliphatic heterocycles. The summed E-state index contributed by atoms with van der Waals surface area (Å²) in [5, 5.41) is 2.58. The molecule has 0 unspecified atom stereocenters. The van der Waals surface area contributed by atoms with Crippen molar-refractivity contribution in [2.24, 2.45) is 0 Å². The summed E-state index contributed by atoms with van der Waals surface area (Å²) in [7, 11) is 0. The molecule has 2 aliphatic rings. The van der Waals surface area contributed by atoms with E-state index < -0.39 is 5.41 Å². The van der Waals surface area contributed by atoms with E-state index in [-0.39, 0.29) is 24.3 Å². The Balaban J connectivity index is 1.45. The normalized spacial score (nSPS) is 21.8. The van der Waals surface area contributed by atoms with Crippen molar-refractivity contribution in [3.8, 4) is 0 Å². The van der Waals surface area contributed by atoms with E-state index in [1.54, 1.807) is 0 Å². The number of fused-ring (bicyclic) bond motifs is 2. The molecule has 3 aromatic rings. The molecule has 5 nitrogen and oxygen atoms in total. The molecule has 1 fully saturated rings. The molecule has 2 heterocycles. The van der Waals surface area contributed by atoms with Crippen molar-refractivity contribution in [2.75, 3.05) is 11.5 Å². The summed E-state index contributed by atoms with van der Waals surface area (Å²) in [4.78, 5) is 27.9. The highest BCUT2D eigenvalue weighted by Crippen LogP contribution is 2.51. The Hall–Kier alpha value is -3.44. The summed E-state index contributed by atoms with van der Waals surface area (Å²) in [6, 6.07) is 28.1. The SMILES string of the molecule is O=C1C[C@]2(C(=O)N1)c1ccccc1N(Cc1ccccc1)[C@H]2CCOCc1ccccc1. The first-order valence-electron chi connectivity index (χ1n) is 11.0. The van der Waals surface area contributed by atoms with Crippen LogP contribution in [0.4, 0.5) is 5.69 Å². The van der Waals surface area contributed by atoms with Gasteiger partial charge in [0.1, 0.15) is 5.41 Å². The molecular formula is C27H26N2O3. The maximum Gasteiger partial charge on any atom is 0.239 e. The molecule has 0 aromatic heterocycles. The molecule has 2 atom stereocenters. The summed E-state index contributed by atoms with van der Waals surface area (Å²) >= 11 is 0. The van der Waals surface area contributed by atoms with Gasteiger partial charge in [0.05, 0.1) is 12.6 Å². The fourth-order valence-corrected chi connectivity index (χ4v) is 5.15. The first kappa shape index (κ1) is 20.5. The Morgan fingerprint density at radius 1 is 0.875 bits per heavy atom. The van der Waals surface area contributed by atoms with Crippen LogP contribution in [0.2, 0.25) is 0 Å². The molecule has 5 rings (SSSR count). The minimum absolute atomic E-state index is 0.165. The van der Waals surface area contributed by atoms with Crippen LogP contribution in [-0.4, -0.2) is 24.5 Å². The van der Waals surface area contributed by atoms with Gasteiger partial charge in [-0.25, -0.2) is 0 Å². The lowest BCUT2D eigenvalue weighted by atomic mass is 9.74. The van der Waals surface area contributed by atoms with Crippen molar-refractivity contribution < 1.29 is 14.3 Å². The second-order valence-corrected chi connectivity index (χ2v) is 8.50. The minimum atomic E-state index is -0.876. The number of carbonyl (C=O) groups excluding carboxylic acids is 2. The van der Waals surface area contributed by atoms with E-state index in [9.17, 15) is 9.59 Å². The van der Waals surface area contributed by atoms with E-state index in [0.29, 0.717) is 26.2 Å². The van der Waals surface area contributed by atoms with Crippen LogP contribution in [0.5, 0.6) is 0 Å². The maximum absolute atomic E-state index is 13.2. The third-order valence-electron chi connectivity index (χ3n) is 6.58. The van der Waals surface area contributed by atoms with Gasteiger partial charge in [-0.3, -0.25) is 14.9 Å². The average Bonchev–Trinajstić information content (AvgIpc) is 3.26. The van der Waals surface area contributed by atoms with Gasteiger partial charge >= 0.3 is 0 Å². The number of ether oxygens (including phenoxy) is 1. The molecule has 3 aromatic carbocycles. The molecule has 0 radical (unpaired) electrons. The molecule has 0 aliphatic carbocycles. The minimum Gasteiger partial charge on any atom is -0.377 e. The Kier molecular flexibility index (Phi) is 5.50. The molecule has 162 valence electrons. The molecular weight excluding hydrogens is 400 g/mol. The van der Waals surface area contributed by atoms with Crippen molar-refractivity contribution in [1.82, 2.24) is 5.32 Å². The van der Waals surface area contributed by atoms with Crippen LogP contribution in [0.1, 0.15) is 29.5 Å². The highest BCUT2D eigenvalue weighted by Gasteiger charge is 2.59. The van der Waals surface area contributed by atoms with Crippen molar-refractivity contribution in [3.05, 3.63) is 102 Å². The molecule has 1 saturated heterocycles. The van der Waals surface area contributed by atoms with Gasteiger partial charge in [-0.15, -0.1) is 0 Å². The van der Waals surface area contributed by atoms with Crippen LogP contribution in [0, 0.1) is 0 Å². The third kappa shape index (κ3) is 3.59. The van der Waals surface area contributed by atoms with Gasteiger partial charge in [0, 0.05) is 25.3 Å². The smallest absolute Gasteiger partial charge is 0.239 e. The van der Waals surface area contributed by atoms with Gasteiger partial charge in [-0.2, -0.15) is 0 Å². The Bertz CT molecular complexity index is 1120. The summed E-state index contributed by atoms with van der Waals surface area (Å²) in [5.41, 5.74) is 3.37. The molecule has 2 amide bonds. The van der Waals surface area contributed by atoms with Crippen molar-refractivity contribution in [3.63, 3.8) is 0 Å². The van der Waals surface area contributed by atoms with Gasteiger partial charge in [-0.05, 0) is 29.2 Å². The number of anilines is 1. The fourth-order valence-electron chi connectivity index (χ4n) is 5.15. The van der Waals surface area contributed by atoms with Crippen LogP contribution >= 0.6 is 0 Å². The number of nitrogens with zero attached hydrogens (tertiary/aromatic N) is 1. The van der Waals surface area contributed by atoms with Crippen molar-refractivity contribution in [2.45, 2.75) is 37.5 Å². The Morgan fingerprint density at radius 2 is 1.53 bits per heavy atom. The number of rotatable bonds is 7. The van der Waals surface area contributed by atoms with E-state index in [1.165, 1.54) is 5.56 Å². The molecule has 5 heteroatoms. The van der Waals surface area contributed by atoms with Crippen molar-refractivity contribution in [1.29, 1.82) is 0 Å². The second-order valence-electron chi connectivity index (χ2n) is 8.50. The lowest BCUT2D eigenvalue weighted by Gasteiger charge is -2.34. The number of hydrogen-bond donors (Lipinski definition) is 1. The molecule has 0 bridgehead atoms. The summed E-state index contributed by atoms with van der Waals surface area (Å²) in [6.07, 6.45) is 0.826. The number of para-hydroxylation sites is 1. The Morgan fingerprint density at radius 3 is 2.22 bits per heavy atom. The zero-order valence-electron chi connectivity index (χ0n) is 17.9. The maximum atomic E-state index is 13.2. The van der Waals surface area contributed by atoms with E-state index in [0.717, 1.165) is 16.8 Å². The Labute approximate surface area is 188 Å². The first-order valence-corrected chi connectivity index (χ1v) is 11.0. The largest absolute Gasteiger partial charge is 0.377 e. The van der Waals surface area contributed by atoms with Crippen LogP contribution in [0.25, 0.3) is 0 Å². The standard InChI is InChI=1S/C27H26N2O3/c30-25-17-27(26(31)28-25)22-13-7-8-14-23(22)29(18-20-9-3-1-4-10-20)24(27)15-16-32-19-21-11-5-2-6-12-21/h1-14,24H,15-19H2,(H,28,30,31)/t24-,27-/m0/s1. The average molecular weight is 427 g/mol. The van der Waals surface area contributed by atoms with Crippen LogP contribution in [0.15, 0.2) is 84.9 Å². The number of nitrogens with one attached hydrogen (secondary N) is 1. The number of amides is 2. The van der Waals surface area contributed by atoms with E-state index in [2.05, 4.69) is 28.4 Å². The monoisotopic (exact) mass is 426 g/mol. The van der Waals surface area contributed by atoms with Crippen LogP contribution in [-0.2, 0) is 32.9 Å². The zero-order chi connectivity index (χ0) is 22.0. The zero-order valence-corrected chi connectivity index (χ0v) is 17.9. The second kappa shape index (κ2) is 8.60. The number of imide groups is 1. The lowest BCUT2D eigenvalue weighted by Crippen LogP contribution is -2.49. The van der Waals surface area contributed by atoms with Gasteiger partial charge in [0.25, 0.3) is 0 Å². The molecule has 0 saturated carbocycles. The molecule has 1 spiro atoms. The van der Waals surface area contributed by atoms with Gasteiger partial charge in [-0.1, -0.05) is 78.9 Å². The third-order valence-corrected chi connectivity index (χ3v) is 6.58. The van der Waals surface area contributed by atoms with Gasteiger partial charge in [0.15, 0.2) is 0 Å². The van der Waals surface area contributed by atoms with E-state index in [4.69, 9.17) is 4.74 Å². The number of carbonyl (C=O) groups is 2. The highest BCUT2D eigenvalue weighted by molar-refractivity contribution is 6.11. The van der Waals surface area contributed by atoms with E-state index >= 15 is 0 Å².